The van der Waals surface area contributed by atoms with Gasteiger partial charge in [-0.25, -0.2) is 9.37 Å². The molecular formula is C21H23FN6O. The summed E-state index contributed by atoms with van der Waals surface area (Å²) >= 11 is 0. The third kappa shape index (κ3) is 3.97. The molecule has 150 valence electrons. The summed E-state index contributed by atoms with van der Waals surface area (Å²) in [7, 11) is 0. The molecule has 0 bridgehead atoms. The van der Waals surface area contributed by atoms with Gasteiger partial charge >= 0.3 is 0 Å². The lowest BCUT2D eigenvalue weighted by Gasteiger charge is -2.30. The number of nitrogens with two attached hydrogens (primary N) is 2. The number of carbonyl (C=O) groups excluding carboxylic acids is 1. The van der Waals surface area contributed by atoms with Crippen molar-refractivity contribution in [3.63, 3.8) is 0 Å². The zero-order valence-corrected chi connectivity index (χ0v) is 15.9. The van der Waals surface area contributed by atoms with Gasteiger partial charge in [0.15, 0.2) is 11.6 Å². The van der Waals surface area contributed by atoms with Crippen LogP contribution in [0.2, 0.25) is 0 Å². The summed E-state index contributed by atoms with van der Waals surface area (Å²) in [6, 6.07) is 10.2. The summed E-state index contributed by atoms with van der Waals surface area (Å²) in [5.74, 6) is -1.17. The van der Waals surface area contributed by atoms with Crippen LogP contribution in [0.1, 0.15) is 36.0 Å². The van der Waals surface area contributed by atoms with Gasteiger partial charge in [-0.15, -0.1) is 0 Å². The molecule has 6 N–H and O–H groups in total. The maximum absolute atomic E-state index is 14.7. The minimum Gasteiger partial charge on any atom is -0.365 e. The summed E-state index contributed by atoms with van der Waals surface area (Å²) in [6.07, 6.45) is 5.52. The van der Waals surface area contributed by atoms with Crippen LogP contribution in [0.4, 0.5) is 21.7 Å². The summed E-state index contributed by atoms with van der Waals surface area (Å²) in [6.45, 7) is 0. The number of benzene rings is 1. The van der Waals surface area contributed by atoms with Gasteiger partial charge < -0.3 is 22.1 Å². The normalized spacial score (nSPS) is 19.1. The van der Waals surface area contributed by atoms with E-state index in [1.165, 1.54) is 0 Å². The maximum atomic E-state index is 14.7. The van der Waals surface area contributed by atoms with Gasteiger partial charge in [0.1, 0.15) is 5.82 Å². The van der Waals surface area contributed by atoms with Crippen molar-refractivity contribution in [2.45, 2.75) is 37.8 Å². The third-order valence-corrected chi connectivity index (χ3v) is 5.28. The Hall–Kier alpha value is -3.26. The molecule has 0 unspecified atom stereocenters. The Bertz CT molecular complexity index is 1050. The first-order chi connectivity index (χ1) is 14.0. The molecular weight excluding hydrogens is 371 g/mol. The zero-order valence-electron chi connectivity index (χ0n) is 15.9. The molecule has 1 aliphatic rings. The van der Waals surface area contributed by atoms with Crippen LogP contribution in [0.5, 0.6) is 0 Å². The van der Waals surface area contributed by atoms with E-state index in [4.69, 9.17) is 11.5 Å². The van der Waals surface area contributed by atoms with Crippen LogP contribution in [0, 0.1) is 5.82 Å². The molecule has 4 rings (SSSR count). The minimum atomic E-state index is -0.766. The topological polar surface area (TPSA) is 119 Å². The minimum absolute atomic E-state index is 0.0260. The molecule has 2 heterocycles. The molecule has 0 spiro atoms. The summed E-state index contributed by atoms with van der Waals surface area (Å²) in [4.78, 5) is 20.6. The highest BCUT2D eigenvalue weighted by Gasteiger charge is 2.24. The van der Waals surface area contributed by atoms with Crippen molar-refractivity contribution >= 4 is 34.1 Å². The number of aromatic nitrogens is 2. The lowest BCUT2D eigenvalue weighted by atomic mass is 9.91. The number of carbonyl (C=O) groups is 1. The van der Waals surface area contributed by atoms with Crippen LogP contribution < -0.4 is 22.1 Å². The quantitative estimate of drug-likeness (QED) is 0.527. The first kappa shape index (κ1) is 19.1. The Kier molecular flexibility index (Phi) is 5.26. The van der Waals surface area contributed by atoms with Crippen molar-refractivity contribution in [1.82, 2.24) is 9.97 Å². The van der Waals surface area contributed by atoms with Gasteiger partial charge in [0.2, 0.25) is 0 Å². The number of nitrogens with one attached hydrogen (secondary N) is 2. The van der Waals surface area contributed by atoms with Crippen molar-refractivity contribution in [2.24, 2.45) is 11.5 Å². The van der Waals surface area contributed by atoms with E-state index in [2.05, 4.69) is 20.6 Å². The first-order valence-electron chi connectivity index (χ1n) is 9.66. The summed E-state index contributed by atoms with van der Waals surface area (Å²) in [5, 5.41) is 7.08. The number of amides is 1. The molecule has 1 fully saturated rings. The van der Waals surface area contributed by atoms with Crippen LogP contribution in [0.3, 0.4) is 0 Å². The van der Waals surface area contributed by atoms with E-state index in [0.717, 1.165) is 42.7 Å². The fourth-order valence-electron chi connectivity index (χ4n) is 3.73. The Labute approximate surface area is 167 Å². The van der Waals surface area contributed by atoms with E-state index < -0.39 is 11.7 Å². The van der Waals surface area contributed by atoms with Crippen molar-refractivity contribution in [1.29, 1.82) is 0 Å². The largest absolute Gasteiger partial charge is 0.365 e. The number of nitrogens with zero attached hydrogens (tertiary/aromatic N) is 2. The van der Waals surface area contributed by atoms with E-state index in [-0.39, 0.29) is 29.3 Å². The van der Waals surface area contributed by atoms with Gasteiger partial charge in [-0.1, -0.05) is 18.9 Å². The Morgan fingerprint density at radius 1 is 1.14 bits per heavy atom. The summed E-state index contributed by atoms with van der Waals surface area (Å²) < 4.78 is 14.7. The molecule has 2 atom stereocenters. The van der Waals surface area contributed by atoms with Gasteiger partial charge in [0, 0.05) is 29.4 Å². The molecule has 0 saturated heterocycles. The lowest BCUT2D eigenvalue weighted by molar-refractivity contribution is 0.100. The van der Waals surface area contributed by atoms with E-state index in [9.17, 15) is 9.18 Å². The number of pyridine rings is 2. The second-order valence-electron chi connectivity index (χ2n) is 7.28. The molecule has 7 nitrogen and oxygen atoms in total. The van der Waals surface area contributed by atoms with Gasteiger partial charge in [0.25, 0.3) is 5.91 Å². The van der Waals surface area contributed by atoms with Gasteiger partial charge in [0.05, 0.1) is 11.1 Å². The second-order valence-corrected chi connectivity index (χ2v) is 7.28. The lowest BCUT2D eigenvalue weighted by Crippen LogP contribution is -2.43. The fourth-order valence-corrected chi connectivity index (χ4v) is 3.73. The van der Waals surface area contributed by atoms with E-state index in [1.54, 1.807) is 6.20 Å². The number of hydrogen-bond acceptors (Lipinski definition) is 6. The van der Waals surface area contributed by atoms with Crippen molar-refractivity contribution < 1.29 is 9.18 Å². The first-order valence-corrected chi connectivity index (χ1v) is 9.66. The predicted octanol–water partition coefficient (Wildman–Crippen LogP) is 3.29. The Balaban J connectivity index is 1.72. The smallest absolute Gasteiger partial charge is 0.252 e. The van der Waals surface area contributed by atoms with Gasteiger partial charge in [-0.3, -0.25) is 9.78 Å². The van der Waals surface area contributed by atoms with Crippen LogP contribution >= 0.6 is 0 Å². The molecule has 0 radical (unpaired) electrons. The number of primary amides is 1. The average Bonchev–Trinajstić information content (AvgIpc) is 2.72. The summed E-state index contributed by atoms with van der Waals surface area (Å²) in [5.41, 5.74) is 13.1. The molecule has 1 aliphatic carbocycles. The van der Waals surface area contributed by atoms with Crippen LogP contribution in [-0.2, 0) is 0 Å². The fraction of sp³-hybridized carbons (Fsp3) is 0.286. The van der Waals surface area contributed by atoms with Gasteiger partial charge in [-0.2, -0.15) is 0 Å². The van der Waals surface area contributed by atoms with Crippen molar-refractivity contribution in [2.75, 3.05) is 10.6 Å². The molecule has 1 aromatic carbocycles. The predicted molar refractivity (Wildman–Crippen MR) is 112 cm³/mol. The van der Waals surface area contributed by atoms with Crippen LogP contribution in [-0.4, -0.2) is 28.0 Å². The Morgan fingerprint density at radius 2 is 1.97 bits per heavy atom. The zero-order chi connectivity index (χ0) is 20.4. The van der Waals surface area contributed by atoms with E-state index in [1.807, 2.05) is 30.3 Å². The molecule has 0 aliphatic heterocycles. The molecule has 1 saturated carbocycles. The van der Waals surface area contributed by atoms with E-state index >= 15 is 0 Å². The standard InChI is InChI=1S/C21H23FN6O/c22-14-11-13(19(24)29)20(28-21(14)27-18-7-2-1-6-15(18)23)26-17-9-3-8-16-12(17)5-4-10-25-16/h3-5,8-11,15,18H,1-2,6-7,23H2,(H2,24,29)(H2,26,27,28)/t15-,18+/m0/s1. The van der Waals surface area contributed by atoms with Crippen molar-refractivity contribution in [3.05, 3.63) is 54.0 Å². The third-order valence-electron chi connectivity index (χ3n) is 5.28. The highest BCUT2D eigenvalue weighted by Crippen LogP contribution is 2.29. The number of hydrogen-bond donors (Lipinski definition) is 4. The number of halogens is 1. The molecule has 3 aromatic rings. The number of fused-ring (bicyclic) bond motifs is 1. The highest BCUT2D eigenvalue weighted by molar-refractivity contribution is 6.00. The Morgan fingerprint density at radius 3 is 2.76 bits per heavy atom. The van der Waals surface area contributed by atoms with Gasteiger partial charge in [-0.05, 0) is 43.2 Å². The molecule has 1 amide bonds. The number of rotatable bonds is 5. The monoisotopic (exact) mass is 394 g/mol. The second kappa shape index (κ2) is 8.00. The highest BCUT2D eigenvalue weighted by atomic mass is 19.1. The van der Waals surface area contributed by atoms with Crippen molar-refractivity contribution in [3.8, 4) is 0 Å². The van der Waals surface area contributed by atoms with Crippen LogP contribution in [0.25, 0.3) is 10.9 Å². The number of anilines is 3. The molecule has 2 aromatic heterocycles. The maximum Gasteiger partial charge on any atom is 0.252 e. The molecule has 8 heteroatoms. The van der Waals surface area contributed by atoms with Crippen LogP contribution in [0.15, 0.2) is 42.6 Å². The average molecular weight is 394 g/mol. The SMILES string of the molecule is NC(=O)c1cc(F)c(N[C@@H]2CCCC[C@@H]2N)nc1Nc1cccc2ncccc12. The van der Waals surface area contributed by atoms with E-state index in [0.29, 0.717) is 5.69 Å². The molecule has 29 heavy (non-hydrogen) atoms.